The lowest BCUT2D eigenvalue weighted by Crippen LogP contribution is -2.53. The largest absolute Gasteiger partial charge is 0.548 e. The molecule has 0 saturated carbocycles. The molecule has 100 valence electrons. The Morgan fingerprint density at radius 1 is 1.33 bits per heavy atom. The summed E-state index contributed by atoms with van der Waals surface area (Å²) in [6, 6.07) is 4.20. The molecule has 0 saturated heterocycles. The van der Waals surface area contributed by atoms with Crippen LogP contribution in [0.1, 0.15) is 12.5 Å². The Balaban J connectivity index is 3.01. The van der Waals surface area contributed by atoms with Crippen LogP contribution in [0.3, 0.4) is 0 Å². The van der Waals surface area contributed by atoms with E-state index in [4.69, 9.17) is 0 Å². The van der Waals surface area contributed by atoms with Crippen LogP contribution in [0, 0.1) is 6.92 Å². The second kappa shape index (κ2) is 5.47. The molecule has 0 aromatic heterocycles. The predicted octanol–water partition coefficient (Wildman–Crippen LogP) is -1.23. The van der Waals surface area contributed by atoms with Crippen LogP contribution in [-0.4, -0.2) is 31.6 Å². The van der Waals surface area contributed by atoms with Crippen molar-refractivity contribution in [3.05, 3.63) is 29.8 Å². The van der Waals surface area contributed by atoms with Gasteiger partial charge < -0.3 is 15.0 Å². The summed E-state index contributed by atoms with van der Waals surface area (Å²) in [5.74, 6) is -1.68. The summed E-state index contributed by atoms with van der Waals surface area (Å²) in [4.78, 5) is 10.6. The molecule has 1 aromatic rings. The SMILES string of the molecule is Cc1ccc(S(=O)(=O)N[C@H](C(=O)[O-])[C@@H](C)O)cc1. The number of carboxylic acid groups (broad SMARTS) is 1. The van der Waals surface area contributed by atoms with Gasteiger partial charge in [-0.2, -0.15) is 4.72 Å². The molecule has 0 amide bonds. The number of aliphatic carboxylic acids is 1. The van der Waals surface area contributed by atoms with Crippen molar-refractivity contribution in [2.24, 2.45) is 0 Å². The first-order chi connectivity index (χ1) is 8.24. The van der Waals surface area contributed by atoms with Gasteiger partial charge in [-0.1, -0.05) is 17.7 Å². The summed E-state index contributed by atoms with van der Waals surface area (Å²) in [5, 5.41) is 19.9. The zero-order valence-corrected chi connectivity index (χ0v) is 10.8. The number of aryl methyl sites for hydroxylation is 1. The lowest BCUT2D eigenvalue weighted by atomic mass is 10.2. The minimum absolute atomic E-state index is 0.0694. The maximum atomic E-state index is 11.8. The third-order valence-electron chi connectivity index (χ3n) is 2.35. The Kier molecular flexibility index (Phi) is 4.44. The number of hydrogen-bond acceptors (Lipinski definition) is 5. The van der Waals surface area contributed by atoms with E-state index in [2.05, 4.69) is 0 Å². The molecule has 7 heteroatoms. The Hall–Kier alpha value is -1.44. The van der Waals surface area contributed by atoms with Gasteiger partial charge in [0.2, 0.25) is 10.0 Å². The van der Waals surface area contributed by atoms with Crippen LogP contribution in [-0.2, 0) is 14.8 Å². The number of aliphatic hydroxyl groups excluding tert-OH is 1. The van der Waals surface area contributed by atoms with Crippen LogP contribution >= 0.6 is 0 Å². The second-order valence-corrected chi connectivity index (χ2v) is 5.69. The molecule has 0 bridgehead atoms. The fourth-order valence-corrected chi connectivity index (χ4v) is 2.55. The van der Waals surface area contributed by atoms with Crippen LogP contribution in [0.25, 0.3) is 0 Å². The lowest BCUT2D eigenvalue weighted by molar-refractivity contribution is -0.309. The number of rotatable bonds is 5. The van der Waals surface area contributed by atoms with Crippen molar-refractivity contribution in [1.82, 2.24) is 4.72 Å². The van der Waals surface area contributed by atoms with Crippen molar-refractivity contribution >= 4 is 16.0 Å². The van der Waals surface area contributed by atoms with Crippen LogP contribution < -0.4 is 9.83 Å². The van der Waals surface area contributed by atoms with Gasteiger partial charge in [0.1, 0.15) is 0 Å². The summed E-state index contributed by atoms with van der Waals surface area (Å²) >= 11 is 0. The maximum absolute atomic E-state index is 11.8. The molecule has 0 aliphatic heterocycles. The standard InChI is InChI=1S/C11H15NO5S/c1-7-3-5-9(6-4-7)18(16,17)12-10(8(2)13)11(14)15/h3-6,8,10,12-13H,1-2H3,(H,14,15)/p-1/t8-,10+/m1/s1. The van der Waals surface area contributed by atoms with Gasteiger partial charge in [-0.3, -0.25) is 0 Å². The van der Waals surface area contributed by atoms with E-state index >= 15 is 0 Å². The van der Waals surface area contributed by atoms with Gasteiger partial charge in [0.05, 0.1) is 23.0 Å². The topological polar surface area (TPSA) is 107 Å². The van der Waals surface area contributed by atoms with Crippen molar-refractivity contribution in [2.75, 3.05) is 0 Å². The fraction of sp³-hybridized carbons (Fsp3) is 0.364. The number of carbonyl (C=O) groups excluding carboxylic acids is 1. The number of sulfonamides is 1. The highest BCUT2D eigenvalue weighted by atomic mass is 32.2. The van der Waals surface area contributed by atoms with E-state index < -0.39 is 28.1 Å². The van der Waals surface area contributed by atoms with Gasteiger partial charge in [0.15, 0.2) is 0 Å². The number of nitrogens with one attached hydrogen (secondary N) is 1. The summed E-state index contributed by atoms with van der Waals surface area (Å²) in [6.45, 7) is 2.96. The van der Waals surface area contributed by atoms with Gasteiger partial charge in [-0.15, -0.1) is 0 Å². The van der Waals surface area contributed by atoms with E-state index in [1.807, 2.05) is 4.72 Å². The Morgan fingerprint density at radius 2 is 1.83 bits per heavy atom. The third-order valence-corrected chi connectivity index (χ3v) is 3.81. The zero-order chi connectivity index (χ0) is 13.9. The number of carboxylic acids is 1. The number of carbonyl (C=O) groups is 1. The van der Waals surface area contributed by atoms with Gasteiger partial charge in [-0.25, -0.2) is 8.42 Å². The van der Waals surface area contributed by atoms with Crippen LogP contribution in [0.2, 0.25) is 0 Å². The molecule has 1 aromatic carbocycles. The molecule has 6 nitrogen and oxygen atoms in total. The van der Waals surface area contributed by atoms with E-state index in [1.54, 1.807) is 19.1 Å². The predicted molar refractivity (Wildman–Crippen MR) is 62.0 cm³/mol. The highest BCUT2D eigenvalue weighted by Gasteiger charge is 2.24. The average molecular weight is 272 g/mol. The number of aliphatic hydroxyl groups is 1. The van der Waals surface area contributed by atoms with Crippen molar-refractivity contribution in [3.8, 4) is 0 Å². The molecule has 0 fully saturated rings. The maximum Gasteiger partial charge on any atom is 0.241 e. The molecule has 0 aliphatic carbocycles. The zero-order valence-electron chi connectivity index (χ0n) is 9.95. The average Bonchev–Trinajstić information content (AvgIpc) is 2.26. The highest BCUT2D eigenvalue weighted by molar-refractivity contribution is 7.89. The molecule has 0 unspecified atom stereocenters. The third kappa shape index (κ3) is 3.52. The minimum Gasteiger partial charge on any atom is -0.548 e. The van der Waals surface area contributed by atoms with Gasteiger partial charge in [0, 0.05) is 0 Å². The molecule has 2 N–H and O–H groups in total. The molecule has 18 heavy (non-hydrogen) atoms. The molecule has 0 aliphatic rings. The van der Waals surface area contributed by atoms with E-state index in [0.29, 0.717) is 0 Å². The molecule has 0 radical (unpaired) electrons. The molecule has 0 spiro atoms. The molecule has 2 atom stereocenters. The van der Waals surface area contributed by atoms with Crippen molar-refractivity contribution in [1.29, 1.82) is 0 Å². The fourth-order valence-electron chi connectivity index (χ4n) is 1.30. The summed E-state index contributed by atoms with van der Waals surface area (Å²) in [5.41, 5.74) is 0.876. The molecular formula is C11H14NO5S-. The van der Waals surface area contributed by atoms with Crippen molar-refractivity contribution < 1.29 is 23.4 Å². The monoisotopic (exact) mass is 272 g/mol. The van der Waals surface area contributed by atoms with Gasteiger partial charge >= 0.3 is 0 Å². The Morgan fingerprint density at radius 3 is 2.22 bits per heavy atom. The van der Waals surface area contributed by atoms with Crippen LogP contribution in [0.5, 0.6) is 0 Å². The van der Waals surface area contributed by atoms with E-state index in [-0.39, 0.29) is 4.90 Å². The van der Waals surface area contributed by atoms with Gasteiger partial charge in [0.25, 0.3) is 0 Å². The van der Waals surface area contributed by atoms with Crippen molar-refractivity contribution in [3.63, 3.8) is 0 Å². The molecule has 0 heterocycles. The van der Waals surface area contributed by atoms with E-state index in [1.165, 1.54) is 12.1 Å². The Labute approximate surface area is 105 Å². The van der Waals surface area contributed by atoms with Crippen LogP contribution in [0.4, 0.5) is 0 Å². The van der Waals surface area contributed by atoms with E-state index in [9.17, 15) is 23.4 Å². The number of benzene rings is 1. The first kappa shape index (κ1) is 14.6. The first-order valence-electron chi connectivity index (χ1n) is 5.22. The Bertz CT molecular complexity index is 521. The highest BCUT2D eigenvalue weighted by Crippen LogP contribution is 2.11. The van der Waals surface area contributed by atoms with Gasteiger partial charge in [-0.05, 0) is 26.0 Å². The summed E-state index contributed by atoms with van der Waals surface area (Å²) < 4.78 is 25.6. The molecule has 1 rings (SSSR count). The smallest absolute Gasteiger partial charge is 0.241 e. The van der Waals surface area contributed by atoms with Crippen molar-refractivity contribution in [2.45, 2.75) is 30.9 Å². The first-order valence-corrected chi connectivity index (χ1v) is 6.70. The summed E-state index contributed by atoms with van der Waals surface area (Å²) in [6.07, 6.45) is -1.39. The minimum atomic E-state index is -4.00. The summed E-state index contributed by atoms with van der Waals surface area (Å²) in [7, 11) is -4.00. The van der Waals surface area contributed by atoms with E-state index in [0.717, 1.165) is 12.5 Å². The quantitative estimate of drug-likeness (QED) is 0.698. The van der Waals surface area contributed by atoms with Crippen LogP contribution in [0.15, 0.2) is 29.2 Å². The second-order valence-electron chi connectivity index (χ2n) is 3.97. The normalized spacial score (nSPS) is 15.1. The number of hydrogen-bond donors (Lipinski definition) is 2. The molecular weight excluding hydrogens is 258 g/mol. The lowest BCUT2D eigenvalue weighted by Gasteiger charge is -2.22.